The minimum absolute atomic E-state index is 0.937. The molecule has 0 amide bonds. The first-order chi connectivity index (χ1) is 11.0. The minimum Gasteiger partial charge on any atom is -0.0683 e. The quantitative estimate of drug-likeness (QED) is 0.435. The monoisotopic (exact) mass is 320 g/mol. The predicted octanol–water partition coefficient (Wildman–Crippen LogP) is 7.43. The fourth-order valence-corrected chi connectivity index (χ4v) is 6.59. The van der Waals surface area contributed by atoms with Crippen LogP contribution in [0, 0.1) is 53.3 Å². The third-order valence-electron chi connectivity index (χ3n) is 8.23. The summed E-state index contributed by atoms with van der Waals surface area (Å²) in [4.78, 5) is 0. The summed E-state index contributed by atoms with van der Waals surface area (Å²) in [6.07, 6.45) is 10.7. The Bertz CT molecular complexity index is 346. The molecule has 3 saturated carbocycles. The van der Waals surface area contributed by atoms with E-state index >= 15 is 0 Å². The van der Waals surface area contributed by atoms with E-state index in [0.29, 0.717) is 0 Å². The highest BCUT2D eigenvalue weighted by molar-refractivity contribution is 4.95. The molecule has 0 aromatic carbocycles. The van der Waals surface area contributed by atoms with Gasteiger partial charge in [0, 0.05) is 0 Å². The van der Waals surface area contributed by atoms with Crippen LogP contribution in [0.5, 0.6) is 0 Å². The molecule has 0 heterocycles. The van der Waals surface area contributed by atoms with Crippen molar-refractivity contribution in [3.8, 4) is 0 Å². The number of hydrogen-bond donors (Lipinski definition) is 0. The van der Waals surface area contributed by atoms with Gasteiger partial charge in [0.05, 0.1) is 0 Å². The minimum atomic E-state index is 0.937. The molecule has 0 N–H and O–H groups in total. The molecule has 0 heteroatoms. The van der Waals surface area contributed by atoms with Gasteiger partial charge in [-0.05, 0) is 91.8 Å². The lowest BCUT2D eigenvalue weighted by Crippen LogP contribution is -2.43. The summed E-state index contributed by atoms with van der Waals surface area (Å²) in [6, 6.07) is 0. The summed E-state index contributed by atoms with van der Waals surface area (Å²) in [5.41, 5.74) is 0. The lowest BCUT2D eigenvalue weighted by molar-refractivity contribution is -0.0221. The second-order valence-corrected chi connectivity index (χ2v) is 9.50. The van der Waals surface area contributed by atoms with Crippen LogP contribution in [0.3, 0.4) is 0 Å². The largest absolute Gasteiger partial charge is 0.0683 e. The maximum atomic E-state index is 2.57. The average molecular weight is 321 g/mol. The highest BCUT2D eigenvalue weighted by Crippen LogP contribution is 2.54. The van der Waals surface area contributed by atoms with Crippen LogP contribution in [-0.4, -0.2) is 0 Å². The summed E-state index contributed by atoms with van der Waals surface area (Å²) in [6.45, 7) is 16.8. The molecule has 3 aliphatic rings. The van der Waals surface area contributed by atoms with Crippen molar-refractivity contribution in [1.29, 1.82) is 0 Å². The van der Waals surface area contributed by atoms with Gasteiger partial charge in [-0.15, -0.1) is 0 Å². The molecule has 9 atom stereocenters. The molecule has 23 heavy (non-hydrogen) atoms. The van der Waals surface area contributed by atoms with E-state index in [-0.39, 0.29) is 0 Å². The summed E-state index contributed by atoms with van der Waals surface area (Å²) < 4.78 is 0. The standard InChI is InChI=1S/C21H38.C2H6/c1-13-6-8-19-16(4)11-17(5)20-9-7-18(12-21(19)20)15(3)10-14(13)2;1-2/h13-21H,6-12H2,1-5H3;1-2H3. The molecule has 0 radical (unpaired) electrons. The number of fused-ring (bicyclic) bond motifs is 1. The van der Waals surface area contributed by atoms with Gasteiger partial charge in [-0.1, -0.05) is 54.9 Å². The lowest BCUT2D eigenvalue weighted by atomic mass is 9.53. The second-order valence-electron chi connectivity index (χ2n) is 9.50. The van der Waals surface area contributed by atoms with E-state index in [9.17, 15) is 0 Å². The average Bonchev–Trinajstić information content (AvgIpc) is 2.54. The molecule has 0 aliphatic heterocycles. The van der Waals surface area contributed by atoms with E-state index in [4.69, 9.17) is 0 Å². The Hall–Kier alpha value is 0. The normalized spacial score (nSPS) is 50.5. The van der Waals surface area contributed by atoms with E-state index in [1.807, 2.05) is 13.8 Å². The summed E-state index contributed by atoms with van der Waals surface area (Å²) in [5, 5.41) is 0. The molecule has 2 bridgehead atoms. The molecule has 3 fully saturated rings. The van der Waals surface area contributed by atoms with Gasteiger partial charge in [0.1, 0.15) is 0 Å². The van der Waals surface area contributed by atoms with Crippen LogP contribution in [0.4, 0.5) is 0 Å². The van der Waals surface area contributed by atoms with Crippen molar-refractivity contribution in [1.82, 2.24) is 0 Å². The molecular formula is C23H44. The molecule has 0 aromatic heterocycles. The molecular weight excluding hydrogens is 276 g/mol. The third-order valence-corrected chi connectivity index (χ3v) is 8.23. The SMILES string of the molecule is CC.CC1CCC2C(C)CC(C)C3CCC(CC23)C(C)CC1C. The first-order valence-corrected chi connectivity index (χ1v) is 11.0. The van der Waals surface area contributed by atoms with Gasteiger partial charge >= 0.3 is 0 Å². The molecule has 9 unspecified atom stereocenters. The maximum absolute atomic E-state index is 2.57. The first kappa shape index (κ1) is 19.3. The molecule has 0 saturated heterocycles. The van der Waals surface area contributed by atoms with E-state index in [0.717, 1.165) is 53.3 Å². The Kier molecular flexibility index (Phi) is 7.05. The molecule has 3 rings (SSSR count). The maximum Gasteiger partial charge on any atom is -0.0350 e. The second kappa shape index (κ2) is 8.39. The fraction of sp³-hybridized carbons (Fsp3) is 1.00. The molecule has 0 spiro atoms. The van der Waals surface area contributed by atoms with Gasteiger partial charge in [0.2, 0.25) is 0 Å². The Morgan fingerprint density at radius 1 is 0.435 bits per heavy atom. The topological polar surface area (TPSA) is 0 Å². The summed E-state index contributed by atoms with van der Waals surface area (Å²) in [5.74, 6) is 9.06. The van der Waals surface area contributed by atoms with Crippen LogP contribution in [0.1, 0.15) is 93.4 Å². The smallest absolute Gasteiger partial charge is 0.0350 e. The van der Waals surface area contributed by atoms with Crippen LogP contribution in [-0.2, 0) is 0 Å². The highest BCUT2D eigenvalue weighted by Gasteiger charge is 2.45. The third kappa shape index (κ3) is 4.16. The van der Waals surface area contributed by atoms with Crippen molar-refractivity contribution in [3.63, 3.8) is 0 Å². The van der Waals surface area contributed by atoms with Crippen molar-refractivity contribution in [2.45, 2.75) is 93.4 Å². The first-order valence-electron chi connectivity index (χ1n) is 11.0. The Morgan fingerprint density at radius 3 is 1.57 bits per heavy atom. The van der Waals surface area contributed by atoms with E-state index < -0.39 is 0 Å². The molecule has 136 valence electrons. The van der Waals surface area contributed by atoms with Crippen molar-refractivity contribution < 1.29 is 0 Å². The predicted molar refractivity (Wildman–Crippen MR) is 103 cm³/mol. The van der Waals surface area contributed by atoms with Gasteiger partial charge in [-0.25, -0.2) is 0 Å². The van der Waals surface area contributed by atoms with Crippen molar-refractivity contribution >= 4 is 0 Å². The lowest BCUT2D eigenvalue weighted by Gasteiger charge is -2.52. The van der Waals surface area contributed by atoms with Gasteiger partial charge in [-0.3, -0.25) is 0 Å². The summed E-state index contributed by atoms with van der Waals surface area (Å²) in [7, 11) is 0. The van der Waals surface area contributed by atoms with E-state index in [1.165, 1.54) is 32.1 Å². The van der Waals surface area contributed by atoms with Gasteiger partial charge in [0.25, 0.3) is 0 Å². The zero-order chi connectivity index (χ0) is 17.1. The number of hydrogen-bond acceptors (Lipinski definition) is 0. The highest BCUT2D eigenvalue weighted by atomic mass is 14.5. The van der Waals surface area contributed by atoms with Crippen LogP contribution in [0.2, 0.25) is 0 Å². The Balaban J connectivity index is 0.000000924. The summed E-state index contributed by atoms with van der Waals surface area (Å²) >= 11 is 0. The van der Waals surface area contributed by atoms with Crippen LogP contribution in [0.25, 0.3) is 0 Å². The van der Waals surface area contributed by atoms with Crippen LogP contribution >= 0.6 is 0 Å². The van der Waals surface area contributed by atoms with Crippen molar-refractivity contribution in [2.75, 3.05) is 0 Å². The fourth-order valence-electron chi connectivity index (χ4n) is 6.59. The van der Waals surface area contributed by atoms with Crippen LogP contribution < -0.4 is 0 Å². The van der Waals surface area contributed by atoms with E-state index in [2.05, 4.69) is 34.6 Å². The molecule has 0 nitrogen and oxygen atoms in total. The van der Waals surface area contributed by atoms with Gasteiger partial charge in [0.15, 0.2) is 0 Å². The number of rotatable bonds is 0. The zero-order valence-electron chi connectivity index (χ0n) is 17.1. The molecule has 0 aromatic rings. The Morgan fingerprint density at radius 2 is 0.957 bits per heavy atom. The zero-order valence-corrected chi connectivity index (χ0v) is 17.1. The Labute approximate surface area is 147 Å². The van der Waals surface area contributed by atoms with Crippen molar-refractivity contribution in [2.24, 2.45) is 53.3 Å². The van der Waals surface area contributed by atoms with Gasteiger partial charge < -0.3 is 0 Å². The van der Waals surface area contributed by atoms with Crippen molar-refractivity contribution in [3.05, 3.63) is 0 Å². The van der Waals surface area contributed by atoms with Crippen LogP contribution in [0.15, 0.2) is 0 Å². The van der Waals surface area contributed by atoms with E-state index in [1.54, 1.807) is 12.8 Å². The van der Waals surface area contributed by atoms with Gasteiger partial charge in [-0.2, -0.15) is 0 Å². The molecule has 3 aliphatic carbocycles.